The maximum Gasteiger partial charge on any atom is 0.317 e. The number of carbonyl (C=O) groups is 1. The SMILES string of the molecule is O=C(NCCc1noc(C2CCCC2)n1)N1CCCC[C@@H]1CCn1cccn1. The van der Waals surface area contributed by atoms with Crippen LogP contribution < -0.4 is 5.32 Å². The Morgan fingerprint density at radius 2 is 2.07 bits per heavy atom. The van der Waals surface area contributed by atoms with Gasteiger partial charge in [-0.25, -0.2) is 4.79 Å². The van der Waals surface area contributed by atoms with Crippen LogP contribution in [0, 0.1) is 0 Å². The molecule has 8 nitrogen and oxygen atoms in total. The van der Waals surface area contributed by atoms with Crippen LogP contribution in [-0.4, -0.2) is 50.0 Å². The second-order valence-electron chi connectivity index (χ2n) is 7.91. The molecule has 28 heavy (non-hydrogen) atoms. The van der Waals surface area contributed by atoms with Crippen molar-refractivity contribution in [3.05, 3.63) is 30.2 Å². The summed E-state index contributed by atoms with van der Waals surface area (Å²) in [6.07, 6.45) is 13.4. The Morgan fingerprint density at radius 3 is 2.89 bits per heavy atom. The van der Waals surface area contributed by atoms with Gasteiger partial charge in [-0.15, -0.1) is 0 Å². The molecule has 2 aromatic rings. The lowest BCUT2D eigenvalue weighted by atomic mass is 10.00. The minimum atomic E-state index is 0.0182. The smallest absolute Gasteiger partial charge is 0.317 e. The van der Waals surface area contributed by atoms with Crippen molar-refractivity contribution >= 4 is 6.03 Å². The van der Waals surface area contributed by atoms with E-state index in [1.807, 2.05) is 21.8 Å². The molecular weight excluding hydrogens is 356 g/mol. The number of hydrogen-bond donors (Lipinski definition) is 1. The monoisotopic (exact) mass is 386 g/mol. The average molecular weight is 387 g/mol. The van der Waals surface area contributed by atoms with E-state index in [4.69, 9.17) is 4.52 Å². The van der Waals surface area contributed by atoms with E-state index in [1.165, 1.54) is 19.3 Å². The third-order valence-corrected chi connectivity index (χ3v) is 5.95. The minimum absolute atomic E-state index is 0.0182. The number of piperidine rings is 1. The summed E-state index contributed by atoms with van der Waals surface area (Å²) in [5, 5.41) is 11.4. The first-order chi connectivity index (χ1) is 13.8. The van der Waals surface area contributed by atoms with Crippen LogP contribution >= 0.6 is 0 Å². The lowest BCUT2D eigenvalue weighted by Crippen LogP contribution is -2.49. The molecule has 0 bridgehead atoms. The van der Waals surface area contributed by atoms with Crippen LogP contribution in [0.2, 0.25) is 0 Å². The van der Waals surface area contributed by atoms with Crippen LogP contribution in [0.15, 0.2) is 23.0 Å². The van der Waals surface area contributed by atoms with Gasteiger partial charge in [0, 0.05) is 50.4 Å². The average Bonchev–Trinajstić information content (AvgIpc) is 3.48. The van der Waals surface area contributed by atoms with Gasteiger partial charge < -0.3 is 14.7 Å². The van der Waals surface area contributed by atoms with Gasteiger partial charge in [0.2, 0.25) is 5.89 Å². The van der Waals surface area contributed by atoms with Gasteiger partial charge in [-0.1, -0.05) is 18.0 Å². The highest BCUT2D eigenvalue weighted by atomic mass is 16.5. The van der Waals surface area contributed by atoms with Crippen LogP contribution in [0.1, 0.15) is 69.0 Å². The highest BCUT2D eigenvalue weighted by molar-refractivity contribution is 5.74. The molecule has 1 saturated heterocycles. The van der Waals surface area contributed by atoms with Crippen LogP contribution in [-0.2, 0) is 13.0 Å². The molecule has 2 amide bonds. The van der Waals surface area contributed by atoms with Crippen molar-refractivity contribution in [1.82, 2.24) is 30.1 Å². The molecule has 1 atom stereocenters. The molecule has 1 aliphatic heterocycles. The molecule has 0 radical (unpaired) electrons. The van der Waals surface area contributed by atoms with E-state index in [0.717, 1.165) is 51.1 Å². The zero-order chi connectivity index (χ0) is 19.2. The van der Waals surface area contributed by atoms with Gasteiger partial charge in [-0.05, 0) is 44.6 Å². The molecule has 2 aliphatic rings. The van der Waals surface area contributed by atoms with Gasteiger partial charge in [0.25, 0.3) is 0 Å². The molecule has 4 rings (SSSR count). The van der Waals surface area contributed by atoms with E-state index in [0.29, 0.717) is 24.7 Å². The number of aromatic nitrogens is 4. The van der Waals surface area contributed by atoms with Crippen molar-refractivity contribution in [3.63, 3.8) is 0 Å². The van der Waals surface area contributed by atoms with Crippen molar-refractivity contribution < 1.29 is 9.32 Å². The van der Waals surface area contributed by atoms with E-state index in [-0.39, 0.29) is 12.1 Å². The second-order valence-corrected chi connectivity index (χ2v) is 7.91. The molecule has 1 N–H and O–H groups in total. The number of likely N-dealkylation sites (tertiary alicyclic amines) is 1. The maximum absolute atomic E-state index is 12.7. The number of amides is 2. The zero-order valence-electron chi connectivity index (χ0n) is 16.4. The van der Waals surface area contributed by atoms with Gasteiger partial charge in [0.1, 0.15) is 0 Å². The fraction of sp³-hybridized carbons (Fsp3) is 0.700. The van der Waals surface area contributed by atoms with Gasteiger partial charge in [0.05, 0.1) is 0 Å². The van der Waals surface area contributed by atoms with Crippen LogP contribution in [0.25, 0.3) is 0 Å². The van der Waals surface area contributed by atoms with Gasteiger partial charge >= 0.3 is 6.03 Å². The molecule has 2 fully saturated rings. The first kappa shape index (κ1) is 19.0. The lowest BCUT2D eigenvalue weighted by Gasteiger charge is -2.35. The first-order valence-corrected chi connectivity index (χ1v) is 10.6. The number of hydrogen-bond acceptors (Lipinski definition) is 5. The van der Waals surface area contributed by atoms with Crippen molar-refractivity contribution in [2.75, 3.05) is 13.1 Å². The van der Waals surface area contributed by atoms with E-state index >= 15 is 0 Å². The topological polar surface area (TPSA) is 89.1 Å². The highest BCUT2D eigenvalue weighted by Crippen LogP contribution is 2.32. The van der Waals surface area contributed by atoms with Crippen LogP contribution in [0.5, 0.6) is 0 Å². The lowest BCUT2D eigenvalue weighted by molar-refractivity contribution is 0.143. The number of urea groups is 1. The van der Waals surface area contributed by atoms with Crippen molar-refractivity contribution in [3.8, 4) is 0 Å². The number of aryl methyl sites for hydroxylation is 1. The summed E-state index contributed by atoms with van der Waals surface area (Å²) in [7, 11) is 0. The molecule has 3 heterocycles. The van der Waals surface area contributed by atoms with Crippen molar-refractivity contribution in [2.45, 2.75) is 76.3 Å². The predicted molar refractivity (Wildman–Crippen MR) is 104 cm³/mol. The summed E-state index contributed by atoms with van der Waals surface area (Å²) in [5.41, 5.74) is 0. The quantitative estimate of drug-likeness (QED) is 0.790. The second kappa shape index (κ2) is 9.21. The number of rotatable bonds is 7. The predicted octanol–water partition coefficient (Wildman–Crippen LogP) is 3.12. The summed E-state index contributed by atoms with van der Waals surface area (Å²) in [6, 6.07) is 2.23. The molecule has 152 valence electrons. The Balaban J connectivity index is 1.23. The minimum Gasteiger partial charge on any atom is -0.339 e. The van der Waals surface area contributed by atoms with Gasteiger partial charge in [0.15, 0.2) is 5.82 Å². The normalized spacial score (nSPS) is 20.6. The largest absolute Gasteiger partial charge is 0.339 e. The van der Waals surface area contributed by atoms with E-state index in [9.17, 15) is 4.79 Å². The Morgan fingerprint density at radius 1 is 1.21 bits per heavy atom. The molecule has 8 heteroatoms. The summed E-state index contributed by atoms with van der Waals surface area (Å²) in [4.78, 5) is 19.2. The number of nitrogens with one attached hydrogen (secondary N) is 1. The van der Waals surface area contributed by atoms with E-state index in [2.05, 4.69) is 20.6 Å². The zero-order valence-corrected chi connectivity index (χ0v) is 16.4. The first-order valence-electron chi connectivity index (χ1n) is 10.6. The highest BCUT2D eigenvalue weighted by Gasteiger charge is 2.27. The summed E-state index contributed by atoms with van der Waals surface area (Å²) in [6.45, 7) is 2.20. The number of nitrogens with zero attached hydrogens (tertiary/aromatic N) is 5. The standard InChI is InChI=1S/C20H30N6O2/c27-20(21-12-9-18-23-19(28-24-18)16-6-1-2-7-16)26-14-4-3-8-17(26)10-15-25-13-5-11-22-25/h5,11,13,16-17H,1-4,6-10,12,14-15H2,(H,21,27)/t17-/m1/s1. The molecule has 0 aromatic carbocycles. The molecular formula is C20H30N6O2. The van der Waals surface area contributed by atoms with E-state index in [1.54, 1.807) is 6.20 Å². The molecule has 0 unspecified atom stereocenters. The van der Waals surface area contributed by atoms with E-state index < -0.39 is 0 Å². The maximum atomic E-state index is 12.7. The van der Waals surface area contributed by atoms with Crippen LogP contribution in [0.3, 0.4) is 0 Å². The summed E-state index contributed by atoms with van der Waals surface area (Å²) >= 11 is 0. The Kier molecular flexibility index (Phi) is 6.24. The summed E-state index contributed by atoms with van der Waals surface area (Å²) in [5.74, 6) is 1.89. The van der Waals surface area contributed by atoms with Crippen molar-refractivity contribution in [1.29, 1.82) is 0 Å². The fourth-order valence-electron chi connectivity index (χ4n) is 4.37. The Bertz CT molecular complexity index is 738. The summed E-state index contributed by atoms with van der Waals surface area (Å²) < 4.78 is 7.35. The Labute approximate surface area is 165 Å². The fourth-order valence-corrected chi connectivity index (χ4v) is 4.37. The third kappa shape index (κ3) is 4.72. The third-order valence-electron chi connectivity index (χ3n) is 5.95. The number of carbonyl (C=O) groups excluding carboxylic acids is 1. The van der Waals surface area contributed by atoms with Crippen LogP contribution in [0.4, 0.5) is 4.79 Å². The van der Waals surface area contributed by atoms with Gasteiger partial charge in [-0.2, -0.15) is 10.1 Å². The molecule has 1 aliphatic carbocycles. The Hall–Kier alpha value is -2.38. The molecule has 0 spiro atoms. The molecule has 1 saturated carbocycles. The van der Waals surface area contributed by atoms with Crippen molar-refractivity contribution in [2.24, 2.45) is 0 Å². The van der Waals surface area contributed by atoms with Gasteiger partial charge in [-0.3, -0.25) is 4.68 Å². The molecule has 2 aromatic heterocycles.